The molecule has 0 radical (unpaired) electrons. The van der Waals surface area contributed by atoms with Gasteiger partial charge in [-0.15, -0.1) is 0 Å². The number of aliphatic hydroxyl groups is 1. The van der Waals surface area contributed by atoms with Crippen molar-refractivity contribution in [2.24, 2.45) is 23.2 Å². The van der Waals surface area contributed by atoms with Gasteiger partial charge in [0.2, 0.25) is 0 Å². The van der Waals surface area contributed by atoms with E-state index < -0.39 is 8.32 Å². The van der Waals surface area contributed by atoms with E-state index in [0.717, 1.165) is 18.9 Å². The van der Waals surface area contributed by atoms with Crippen LogP contribution >= 0.6 is 0 Å². The van der Waals surface area contributed by atoms with E-state index in [0.29, 0.717) is 17.3 Å². The highest BCUT2D eigenvalue weighted by Gasteiger charge is 2.52. The van der Waals surface area contributed by atoms with Gasteiger partial charge in [-0.2, -0.15) is 0 Å². The Morgan fingerprint density at radius 3 is 2.36 bits per heavy atom. The van der Waals surface area contributed by atoms with E-state index in [-0.39, 0.29) is 6.10 Å². The highest BCUT2D eigenvalue weighted by atomic mass is 28.4. The van der Waals surface area contributed by atoms with Gasteiger partial charge in [0.25, 0.3) is 0 Å². The molecule has 0 aromatic rings. The Balaban J connectivity index is 1.99. The molecule has 2 aliphatic carbocycles. The van der Waals surface area contributed by atoms with Crippen molar-refractivity contribution in [3.8, 4) is 0 Å². The molecule has 130 valence electrons. The lowest BCUT2D eigenvalue weighted by Gasteiger charge is -2.45. The smallest absolute Gasteiger partial charge is 0.191 e. The van der Waals surface area contributed by atoms with Crippen molar-refractivity contribution in [2.75, 3.05) is 6.61 Å². The number of hydrogen-bond donors (Lipinski definition) is 1. The summed E-state index contributed by atoms with van der Waals surface area (Å²) in [6.07, 6.45) is 6.01. The Morgan fingerprint density at radius 2 is 1.77 bits per heavy atom. The minimum absolute atomic E-state index is 0.0488. The number of rotatable bonds is 7. The molecular formula is C19H38O2Si. The Kier molecular flexibility index (Phi) is 6.18. The van der Waals surface area contributed by atoms with Gasteiger partial charge in [0.1, 0.15) is 0 Å². The van der Waals surface area contributed by atoms with E-state index >= 15 is 0 Å². The van der Waals surface area contributed by atoms with Gasteiger partial charge in [0.15, 0.2) is 8.32 Å². The van der Waals surface area contributed by atoms with Crippen LogP contribution in [0.2, 0.25) is 18.1 Å². The summed E-state index contributed by atoms with van der Waals surface area (Å²) in [6.45, 7) is 12.7. The molecule has 2 saturated carbocycles. The van der Waals surface area contributed by atoms with Gasteiger partial charge in [-0.1, -0.05) is 41.0 Å². The van der Waals surface area contributed by atoms with Crippen molar-refractivity contribution < 1.29 is 9.53 Å². The van der Waals surface area contributed by atoms with Crippen LogP contribution in [0.5, 0.6) is 0 Å². The molecule has 2 aliphatic rings. The second-order valence-corrected chi connectivity index (χ2v) is 13.1. The van der Waals surface area contributed by atoms with Crippen LogP contribution in [-0.4, -0.2) is 26.1 Å². The average molecular weight is 327 g/mol. The summed E-state index contributed by atoms with van der Waals surface area (Å²) in [5.41, 5.74) is 0.356. The number of fused-ring (bicyclic) bond motifs is 1. The van der Waals surface area contributed by atoms with E-state index in [1.54, 1.807) is 0 Å². The second-order valence-electron chi connectivity index (χ2n) is 8.29. The van der Waals surface area contributed by atoms with Crippen LogP contribution in [0.4, 0.5) is 0 Å². The van der Waals surface area contributed by atoms with Gasteiger partial charge in [-0.05, 0) is 67.0 Å². The lowest BCUT2D eigenvalue weighted by molar-refractivity contribution is -0.0314. The van der Waals surface area contributed by atoms with Crippen LogP contribution in [-0.2, 0) is 4.43 Å². The summed E-state index contributed by atoms with van der Waals surface area (Å²) >= 11 is 0. The predicted molar refractivity (Wildman–Crippen MR) is 96.5 cm³/mol. The molecule has 0 spiro atoms. The molecule has 22 heavy (non-hydrogen) atoms. The lowest BCUT2D eigenvalue weighted by atomic mass is 9.62. The molecule has 0 aliphatic heterocycles. The standard InChI is InChI=1S/C19H38O2Si/c1-6-22(7-2,8-3)21-14-15(4)16-11-12-17-18(20)10-9-13-19(16,17)5/h15-18,20H,6-14H2,1-5H3/t15?,16-,17+,18+,19-/m1/s1. The highest BCUT2D eigenvalue weighted by Crippen LogP contribution is 2.57. The quantitative estimate of drug-likeness (QED) is 0.650. The van der Waals surface area contributed by atoms with Gasteiger partial charge < -0.3 is 9.53 Å². The SMILES string of the molecule is CC[Si](CC)(CC)OCC(C)[C@H]1CC[C@H]2[C@@H](O)CCC[C@]12C. The predicted octanol–water partition coefficient (Wildman–Crippen LogP) is 5.22. The minimum atomic E-state index is -1.46. The largest absolute Gasteiger partial charge is 0.417 e. The fourth-order valence-electron chi connectivity index (χ4n) is 5.60. The summed E-state index contributed by atoms with van der Waals surface area (Å²) in [6, 6.07) is 3.74. The first kappa shape index (κ1) is 18.5. The topological polar surface area (TPSA) is 29.5 Å². The molecule has 2 fully saturated rings. The highest BCUT2D eigenvalue weighted by molar-refractivity contribution is 6.73. The number of hydrogen-bond acceptors (Lipinski definition) is 2. The van der Waals surface area contributed by atoms with Crippen molar-refractivity contribution in [3.05, 3.63) is 0 Å². The Morgan fingerprint density at radius 1 is 1.14 bits per heavy atom. The molecular weight excluding hydrogens is 288 g/mol. The monoisotopic (exact) mass is 326 g/mol. The Hall–Kier alpha value is 0.137. The lowest BCUT2D eigenvalue weighted by Crippen LogP contribution is -2.43. The molecule has 2 rings (SSSR count). The maximum Gasteiger partial charge on any atom is 0.191 e. The molecule has 5 atom stereocenters. The van der Waals surface area contributed by atoms with E-state index in [9.17, 15) is 5.11 Å². The second kappa shape index (κ2) is 7.35. The van der Waals surface area contributed by atoms with E-state index in [4.69, 9.17) is 4.43 Å². The zero-order valence-corrected chi connectivity index (χ0v) is 16.5. The van der Waals surface area contributed by atoms with Crippen molar-refractivity contribution >= 4 is 8.32 Å². The minimum Gasteiger partial charge on any atom is -0.417 e. The van der Waals surface area contributed by atoms with E-state index in [1.165, 1.54) is 43.8 Å². The molecule has 1 N–H and O–H groups in total. The molecule has 0 heterocycles. The maximum atomic E-state index is 10.4. The van der Waals surface area contributed by atoms with Gasteiger partial charge in [0, 0.05) is 6.61 Å². The van der Waals surface area contributed by atoms with Crippen LogP contribution in [0.25, 0.3) is 0 Å². The van der Waals surface area contributed by atoms with Crippen molar-refractivity contribution in [1.82, 2.24) is 0 Å². The van der Waals surface area contributed by atoms with Crippen molar-refractivity contribution in [2.45, 2.75) is 91.0 Å². The zero-order chi connectivity index (χ0) is 16.4. The normalized spacial score (nSPS) is 37.1. The molecule has 0 bridgehead atoms. The number of aliphatic hydroxyl groups excluding tert-OH is 1. The van der Waals surface area contributed by atoms with Crippen LogP contribution in [0.15, 0.2) is 0 Å². The van der Waals surface area contributed by atoms with E-state index in [1.807, 2.05) is 0 Å². The van der Waals surface area contributed by atoms with Gasteiger partial charge in [-0.3, -0.25) is 0 Å². The molecule has 3 heteroatoms. The first-order chi connectivity index (χ1) is 10.4. The van der Waals surface area contributed by atoms with Crippen molar-refractivity contribution in [1.29, 1.82) is 0 Å². The van der Waals surface area contributed by atoms with Gasteiger partial charge >= 0.3 is 0 Å². The summed E-state index contributed by atoms with van der Waals surface area (Å²) in [4.78, 5) is 0. The van der Waals surface area contributed by atoms with Crippen LogP contribution < -0.4 is 0 Å². The van der Waals surface area contributed by atoms with Gasteiger partial charge in [-0.25, -0.2) is 0 Å². The third kappa shape index (κ3) is 3.32. The summed E-state index contributed by atoms with van der Waals surface area (Å²) < 4.78 is 6.58. The van der Waals surface area contributed by atoms with Crippen molar-refractivity contribution in [3.63, 3.8) is 0 Å². The zero-order valence-electron chi connectivity index (χ0n) is 15.5. The van der Waals surface area contributed by atoms with Gasteiger partial charge in [0.05, 0.1) is 6.10 Å². The molecule has 2 nitrogen and oxygen atoms in total. The summed E-state index contributed by atoms with van der Waals surface area (Å²) in [5.74, 6) is 1.92. The van der Waals surface area contributed by atoms with Crippen LogP contribution in [0.3, 0.4) is 0 Å². The Bertz CT molecular complexity index is 347. The average Bonchev–Trinajstić information content (AvgIpc) is 2.87. The third-order valence-corrected chi connectivity index (χ3v) is 12.1. The molecule has 1 unspecified atom stereocenters. The molecule has 0 aromatic heterocycles. The first-order valence-electron chi connectivity index (χ1n) is 9.74. The molecule has 0 saturated heterocycles. The third-order valence-electron chi connectivity index (χ3n) is 7.43. The fraction of sp³-hybridized carbons (Fsp3) is 1.00. The van der Waals surface area contributed by atoms with Crippen LogP contribution in [0, 0.1) is 23.2 Å². The molecule has 0 amide bonds. The summed E-state index contributed by atoms with van der Waals surface area (Å²) in [5, 5.41) is 10.4. The van der Waals surface area contributed by atoms with E-state index in [2.05, 4.69) is 34.6 Å². The maximum absolute atomic E-state index is 10.4. The Labute approximate surface area is 139 Å². The molecule has 0 aromatic carbocycles. The van der Waals surface area contributed by atoms with Crippen LogP contribution in [0.1, 0.15) is 66.7 Å². The summed E-state index contributed by atoms with van der Waals surface area (Å²) in [7, 11) is -1.46. The fourth-order valence-corrected chi connectivity index (χ4v) is 8.33. The first-order valence-corrected chi connectivity index (χ1v) is 12.3.